The number of halogens is 1. The Balaban J connectivity index is 1.36. The molecule has 0 unspecified atom stereocenters. The highest BCUT2D eigenvalue weighted by atomic mass is 35.5. The molecule has 2 heterocycles. The first-order valence-electron chi connectivity index (χ1n) is 18.0. The summed E-state index contributed by atoms with van der Waals surface area (Å²) in [7, 11) is 1.83. The molecule has 1 aliphatic rings. The van der Waals surface area contributed by atoms with Gasteiger partial charge < -0.3 is 34.4 Å². The molecule has 1 saturated heterocycles. The van der Waals surface area contributed by atoms with E-state index >= 15 is 0 Å². The van der Waals surface area contributed by atoms with Crippen LogP contribution in [0.4, 0.5) is 0 Å². The first kappa shape index (κ1) is 40.0. The van der Waals surface area contributed by atoms with Crippen molar-refractivity contribution >= 4 is 11.6 Å². The molecule has 3 aromatic carbocycles. The summed E-state index contributed by atoms with van der Waals surface area (Å²) in [5.41, 5.74) is 7.17. The lowest BCUT2D eigenvalue weighted by molar-refractivity contribution is 0.0103. The monoisotopic (exact) mass is 742 g/mol. The molecule has 0 aliphatic carbocycles. The van der Waals surface area contributed by atoms with Crippen molar-refractivity contribution in [2.45, 2.75) is 71.9 Å². The molecule has 11 heteroatoms. The van der Waals surface area contributed by atoms with Gasteiger partial charge in [0.2, 0.25) is 0 Å². The zero-order chi connectivity index (χ0) is 38.1. The number of ether oxygens (including phenoxy) is 3. The van der Waals surface area contributed by atoms with Crippen molar-refractivity contribution in [1.82, 2.24) is 14.8 Å². The van der Waals surface area contributed by atoms with Crippen molar-refractivity contribution in [3.63, 3.8) is 0 Å². The highest BCUT2D eigenvalue weighted by Crippen LogP contribution is 2.40. The number of hydrogen-bond acceptors (Lipinski definition) is 10. The summed E-state index contributed by atoms with van der Waals surface area (Å²) in [6.07, 6.45) is 4.68. The van der Waals surface area contributed by atoms with Crippen LogP contribution in [0.5, 0.6) is 17.2 Å². The Morgan fingerprint density at radius 3 is 2.36 bits per heavy atom. The number of benzene rings is 3. The van der Waals surface area contributed by atoms with Gasteiger partial charge >= 0.3 is 0 Å². The van der Waals surface area contributed by atoms with Crippen molar-refractivity contribution in [3.8, 4) is 34.4 Å². The zero-order valence-electron chi connectivity index (χ0n) is 31.4. The van der Waals surface area contributed by atoms with E-state index in [4.69, 9.17) is 25.8 Å². The lowest BCUT2D eigenvalue weighted by Gasteiger charge is -2.36. The van der Waals surface area contributed by atoms with Gasteiger partial charge in [0, 0.05) is 55.8 Å². The average Bonchev–Trinajstić information content (AvgIpc) is 3.59. The van der Waals surface area contributed by atoms with Gasteiger partial charge in [-0.05, 0) is 93.1 Å². The number of likely N-dealkylation sites (tertiary alicyclic amines) is 1. The minimum absolute atomic E-state index is 0.156. The van der Waals surface area contributed by atoms with Crippen molar-refractivity contribution in [3.05, 3.63) is 105 Å². The molecule has 1 fully saturated rings. The van der Waals surface area contributed by atoms with E-state index in [2.05, 4.69) is 41.9 Å². The summed E-state index contributed by atoms with van der Waals surface area (Å²) in [4.78, 5) is 8.31. The van der Waals surface area contributed by atoms with Gasteiger partial charge in [0.1, 0.15) is 36.5 Å². The third-order valence-corrected chi connectivity index (χ3v) is 10.9. The topological polar surface area (TPSA) is 132 Å². The van der Waals surface area contributed by atoms with Gasteiger partial charge in [-0.3, -0.25) is 9.88 Å². The SMILES string of the molecule is Cc1c(COc2cc(OCc3cncc(C#N)c3)c(CN(C)C(C)(CO)CO)c(C)c2Cl)cccc1-c1cccc(OCCCN2CC[C@@H](O)C2)c1C. The molecule has 0 saturated carbocycles. The van der Waals surface area contributed by atoms with Gasteiger partial charge in [-0.1, -0.05) is 41.9 Å². The molecule has 3 N–H and O–H groups in total. The van der Waals surface area contributed by atoms with Crippen LogP contribution >= 0.6 is 11.6 Å². The molecule has 4 aromatic rings. The van der Waals surface area contributed by atoms with Gasteiger partial charge in [-0.2, -0.15) is 5.26 Å². The van der Waals surface area contributed by atoms with Crippen LogP contribution < -0.4 is 14.2 Å². The maximum absolute atomic E-state index is 10.1. The van der Waals surface area contributed by atoms with Gasteiger partial charge in [0.15, 0.2) is 0 Å². The van der Waals surface area contributed by atoms with Crippen LogP contribution in [0.15, 0.2) is 60.9 Å². The van der Waals surface area contributed by atoms with E-state index in [1.54, 1.807) is 25.3 Å². The Morgan fingerprint density at radius 2 is 1.66 bits per heavy atom. The predicted molar refractivity (Wildman–Crippen MR) is 206 cm³/mol. The van der Waals surface area contributed by atoms with Gasteiger partial charge in [-0.15, -0.1) is 0 Å². The van der Waals surface area contributed by atoms with Crippen LogP contribution in [-0.4, -0.2) is 88.2 Å². The molecule has 0 amide bonds. The molecule has 5 rings (SSSR count). The van der Waals surface area contributed by atoms with Crippen LogP contribution in [0.2, 0.25) is 5.02 Å². The summed E-state index contributed by atoms with van der Waals surface area (Å²) in [5.74, 6) is 1.85. The van der Waals surface area contributed by atoms with E-state index < -0.39 is 5.54 Å². The third kappa shape index (κ3) is 9.67. The van der Waals surface area contributed by atoms with Crippen molar-refractivity contribution in [2.75, 3.05) is 46.5 Å². The van der Waals surface area contributed by atoms with Crippen molar-refractivity contribution in [2.24, 2.45) is 0 Å². The largest absolute Gasteiger partial charge is 0.493 e. The smallest absolute Gasteiger partial charge is 0.142 e. The van der Waals surface area contributed by atoms with Crippen LogP contribution in [0.25, 0.3) is 11.1 Å². The molecule has 282 valence electrons. The van der Waals surface area contributed by atoms with Gasteiger partial charge in [0.25, 0.3) is 0 Å². The quantitative estimate of drug-likeness (QED) is 0.105. The fraction of sp³-hybridized carbons (Fsp3) is 0.429. The summed E-state index contributed by atoms with van der Waals surface area (Å²) >= 11 is 6.99. The standard InChI is InChI=1S/C42H51ClN4O6/c1-28-33(9-6-10-35(28)36-11-7-12-38(29(36)2)51-16-8-14-47-15-13-34(50)22-47)25-53-40-18-39(52-24-32-17-31(19-44)20-45-21-32)37(30(3)41(40)43)23-46(5)42(4,26-48)27-49/h6-7,9-12,17-18,20-21,34,48-50H,8,13-16,22-27H2,1-5H3/t34-/m1/s1. The first-order chi connectivity index (χ1) is 25.5. The highest BCUT2D eigenvalue weighted by molar-refractivity contribution is 6.33. The van der Waals surface area contributed by atoms with Crippen LogP contribution in [0.3, 0.4) is 0 Å². The normalized spacial score (nSPS) is 14.8. The maximum atomic E-state index is 10.1. The highest BCUT2D eigenvalue weighted by Gasteiger charge is 2.30. The molecule has 1 atom stereocenters. The fourth-order valence-corrected chi connectivity index (χ4v) is 6.77. The Morgan fingerprint density at radius 1 is 0.943 bits per heavy atom. The summed E-state index contributed by atoms with van der Waals surface area (Å²) < 4.78 is 19.0. The molecular formula is C42H51ClN4O6. The molecule has 0 spiro atoms. The number of likely N-dealkylation sites (N-methyl/N-ethyl adjacent to an activating group) is 1. The number of aromatic nitrogens is 1. The predicted octanol–water partition coefficient (Wildman–Crippen LogP) is 6.37. The van der Waals surface area contributed by atoms with Crippen LogP contribution in [-0.2, 0) is 19.8 Å². The van der Waals surface area contributed by atoms with Gasteiger partial charge in [0.05, 0.1) is 42.0 Å². The van der Waals surface area contributed by atoms with Gasteiger partial charge in [-0.25, -0.2) is 0 Å². The second kappa shape index (κ2) is 18.2. The first-order valence-corrected chi connectivity index (χ1v) is 18.4. The Bertz CT molecular complexity index is 1910. The molecule has 53 heavy (non-hydrogen) atoms. The van der Waals surface area contributed by atoms with Crippen molar-refractivity contribution in [1.29, 1.82) is 5.26 Å². The summed E-state index contributed by atoms with van der Waals surface area (Å²) in [6, 6.07) is 18.0. The Labute approximate surface area is 318 Å². The summed E-state index contributed by atoms with van der Waals surface area (Å²) in [5, 5.41) is 39.7. The van der Waals surface area contributed by atoms with E-state index in [-0.39, 0.29) is 32.5 Å². The number of nitrogens with zero attached hydrogens (tertiary/aromatic N) is 4. The number of aliphatic hydroxyl groups is 3. The van der Waals surface area contributed by atoms with E-state index in [1.165, 1.54) is 6.20 Å². The van der Waals surface area contributed by atoms with E-state index in [1.807, 2.05) is 43.1 Å². The van der Waals surface area contributed by atoms with E-state index in [0.717, 1.165) is 82.7 Å². The molecular weight excluding hydrogens is 692 g/mol. The number of pyridine rings is 1. The third-order valence-electron chi connectivity index (χ3n) is 10.4. The number of aliphatic hydroxyl groups excluding tert-OH is 3. The number of hydrogen-bond donors (Lipinski definition) is 3. The number of nitriles is 1. The Hall–Kier alpha value is -4.21. The second-order valence-electron chi connectivity index (χ2n) is 14.2. The number of β-amino-alcohol motifs (C(OH)–C–C–N with tert-alkyl or cyclic N) is 1. The molecule has 1 aliphatic heterocycles. The zero-order valence-corrected chi connectivity index (χ0v) is 32.1. The Kier molecular flexibility index (Phi) is 13.7. The van der Waals surface area contributed by atoms with Crippen LogP contribution in [0, 0.1) is 32.1 Å². The molecule has 0 bridgehead atoms. The maximum Gasteiger partial charge on any atom is 0.142 e. The lowest BCUT2D eigenvalue weighted by atomic mass is 9.93. The minimum Gasteiger partial charge on any atom is -0.493 e. The average molecular weight is 743 g/mol. The second-order valence-corrected chi connectivity index (χ2v) is 14.6. The molecule has 0 radical (unpaired) electrons. The number of rotatable bonds is 17. The van der Waals surface area contributed by atoms with Crippen LogP contribution in [0.1, 0.15) is 58.7 Å². The lowest BCUT2D eigenvalue weighted by Crippen LogP contribution is -2.49. The van der Waals surface area contributed by atoms with Crippen molar-refractivity contribution < 1.29 is 29.5 Å². The van der Waals surface area contributed by atoms with E-state index in [0.29, 0.717) is 35.2 Å². The molecule has 1 aromatic heterocycles. The van der Waals surface area contributed by atoms with E-state index in [9.17, 15) is 20.6 Å². The summed E-state index contributed by atoms with van der Waals surface area (Å²) in [6.45, 7) is 11.3. The fourth-order valence-electron chi connectivity index (χ4n) is 6.55. The minimum atomic E-state index is -0.873. The molecule has 10 nitrogen and oxygen atoms in total.